The van der Waals surface area contributed by atoms with Crippen LogP contribution in [0.15, 0.2) is 28.7 Å². The van der Waals surface area contributed by atoms with Crippen LogP contribution in [-0.4, -0.2) is 19.1 Å². The molecule has 0 fully saturated rings. The quantitative estimate of drug-likeness (QED) is 0.773. The topological polar surface area (TPSA) is 38.3 Å². The zero-order chi connectivity index (χ0) is 14.3. The van der Waals surface area contributed by atoms with Gasteiger partial charge in [-0.1, -0.05) is 47.8 Å². The molecule has 1 unspecified atom stereocenters. The van der Waals surface area contributed by atoms with Crippen LogP contribution in [-0.2, 0) is 9.53 Å². The summed E-state index contributed by atoms with van der Waals surface area (Å²) >= 11 is 3.46. The van der Waals surface area contributed by atoms with Crippen LogP contribution in [0.1, 0.15) is 44.7 Å². The highest BCUT2D eigenvalue weighted by Crippen LogP contribution is 2.19. The van der Waals surface area contributed by atoms with E-state index in [0.717, 1.165) is 29.3 Å². The van der Waals surface area contributed by atoms with Crippen molar-refractivity contribution in [3.8, 4) is 0 Å². The summed E-state index contributed by atoms with van der Waals surface area (Å²) in [6.07, 6.45) is 2.89. The Morgan fingerprint density at radius 3 is 2.79 bits per heavy atom. The van der Waals surface area contributed by atoms with Crippen molar-refractivity contribution in [1.82, 2.24) is 5.32 Å². The number of halogens is 1. The predicted molar refractivity (Wildman–Crippen MR) is 81.0 cm³/mol. The molecule has 3 nitrogen and oxygen atoms in total. The number of esters is 1. The Labute approximate surface area is 123 Å². The molecule has 0 heterocycles. The molecule has 1 aromatic carbocycles. The summed E-state index contributed by atoms with van der Waals surface area (Å²) in [6, 6.07) is 7.97. The third-order valence-electron chi connectivity index (χ3n) is 3.13. The second-order valence-corrected chi connectivity index (χ2v) is 5.58. The number of methoxy groups -OCH3 is 1. The molecule has 0 spiro atoms. The van der Waals surface area contributed by atoms with Crippen LogP contribution < -0.4 is 5.32 Å². The third kappa shape index (κ3) is 5.33. The molecule has 1 aromatic rings. The van der Waals surface area contributed by atoms with Crippen LogP contribution >= 0.6 is 15.9 Å². The van der Waals surface area contributed by atoms with E-state index < -0.39 is 0 Å². The van der Waals surface area contributed by atoms with Gasteiger partial charge in [0.15, 0.2) is 0 Å². The first-order valence-corrected chi connectivity index (χ1v) is 7.47. The van der Waals surface area contributed by atoms with Crippen LogP contribution in [0.2, 0.25) is 0 Å². The first-order chi connectivity index (χ1) is 9.08. The molecule has 106 valence electrons. The van der Waals surface area contributed by atoms with E-state index >= 15 is 0 Å². The lowest BCUT2D eigenvalue weighted by molar-refractivity contribution is -0.143. The minimum Gasteiger partial charge on any atom is -0.468 e. The van der Waals surface area contributed by atoms with Gasteiger partial charge in [0.1, 0.15) is 6.04 Å². The fourth-order valence-corrected chi connectivity index (χ4v) is 2.41. The SMILES string of the molecule is CCCCC(N[C@@H](C)c1cccc(Br)c1)C(=O)OC. The smallest absolute Gasteiger partial charge is 0.322 e. The Bertz CT molecular complexity index is 409. The number of rotatable bonds is 7. The monoisotopic (exact) mass is 327 g/mol. The lowest BCUT2D eigenvalue weighted by Crippen LogP contribution is -2.39. The molecule has 0 saturated carbocycles. The van der Waals surface area contributed by atoms with Gasteiger partial charge in [0.25, 0.3) is 0 Å². The summed E-state index contributed by atoms with van der Waals surface area (Å²) in [5, 5.41) is 3.35. The van der Waals surface area contributed by atoms with Crippen LogP contribution in [0.5, 0.6) is 0 Å². The van der Waals surface area contributed by atoms with Crippen molar-refractivity contribution in [3.05, 3.63) is 34.3 Å². The molecular weight excluding hydrogens is 306 g/mol. The summed E-state index contributed by atoms with van der Waals surface area (Å²) in [5.74, 6) is -0.185. The normalized spacial score (nSPS) is 13.9. The van der Waals surface area contributed by atoms with Gasteiger partial charge in [-0.15, -0.1) is 0 Å². The summed E-state index contributed by atoms with van der Waals surface area (Å²) in [7, 11) is 1.44. The third-order valence-corrected chi connectivity index (χ3v) is 3.63. The molecule has 0 aromatic heterocycles. The van der Waals surface area contributed by atoms with E-state index in [4.69, 9.17) is 4.74 Å². The predicted octanol–water partition coefficient (Wildman–Crippen LogP) is 3.83. The summed E-state index contributed by atoms with van der Waals surface area (Å²) < 4.78 is 5.90. The van der Waals surface area contributed by atoms with E-state index in [9.17, 15) is 4.79 Å². The fourth-order valence-electron chi connectivity index (χ4n) is 1.99. The van der Waals surface area contributed by atoms with E-state index in [1.165, 1.54) is 7.11 Å². The molecule has 0 radical (unpaired) electrons. The van der Waals surface area contributed by atoms with E-state index in [0.29, 0.717) is 0 Å². The number of benzene rings is 1. The largest absolute Gasteiger partial charge is 0.468 e. The lowest BCUT2D eigenvalue weighted by atomic mass is 10.0. The van der Waals surface area contributed by atoms with Gasteiger partial charge < -0.3 is 4.74 Å². The first-order valence-electron chi connectivity index (χ1n) is 6.67. The maximum atomic E-state index is 11.8. The van der Waals surface area contributed by atoms with Crippen molar-refractivity contribution >= 4 is 21.9 Å². The Balaban J connectivity index is 2.69. The Hall–Kier alpha value is -0.870. The molecule has 0 aliphatic heterocycles. The molecule has 0 aliphatic rings. The van der Waals surface area contributed by atoms with Gasteiger partial charge in [-0.2, -0.15) is 0 Å². The van der Waals surface area contributed by atoms with Crippen LogP contribution in [0.4, 0.5) is 0 Å². The maximum absolute atomic E-state index is 11.8. The second-order valence-electron chi connectivity index (χ2n) is 4.66. The van der Waals surface area contributed by atoms with Gasteiger partial charge in [0.2, 0.25) is 0 Å². The number of unbranched alkanes of at least 4 members (excludes halogenated alkanes) is 1. The minimum absolute atomic E-state index is 0.110. The average molecular weight is 328 g/mol. The van der Waals surface area contributed by atoms with Crippen LogP contribution in [0.25, 0.3) is 0 Å². The highest BCUT2D eigenvalue weighted by atomic mass is 79.9. The standard InChI is InChI=1S/C15H22BrNO2/c1-4-5-9-14(15(18)19-3)17-11(2)12-7-6-8-13(16)10-12/h6-8,10-11,14,17H,4-5,9H2,1-3H3/t11-,14?/m0/s1. The molecule has 0 bridgehead atoms. The summed E-state index contributed by atoms with van der Waals surface area (Å²) in [6.45, 7) is 4.18. The maximum Gasteiger partial charge on any atom is 0.322 e. The first kappa shape index (κ1) is 16.2. The molecule has 0 amide bonds. The van der Waals surface area contributed by atoms with Crippen molar-refractivity contribution in [2.24, 2.45) is 0 Å². The molecule has 0 saturated heterocycles. The zero-order valence-electron chi connectivity index (χ0n) is 11.8. The Morgan fingerprint density at radius 1 is 1.47 bits per heavy atom. The van der Waals surface area contributed by atoms with Crippen molar-refractivity contribution in [2.75, 3.05) is 7.11 Å². The van der Waals surface area contributed by atoms with Gasteiger partial charge >= 0.3 is 5.97 Å². The number of carbonyl (C=O) groups excluding carboxylic acids is 1. The summed E-state index contributed by atoms with van der Waals surface area (Å²) in [5.41, 5.74) is 1.15. The van der Waals surface area contributed by atoms with E-state index in [-0.39, 0.29) is 18.1 Å². The molecule has 1 N–H and O–H groups in total. The molecule has 1 rings (SSSR count). The van der Waals surface area contributed by atoms with Gasteiger partial charge in [-0.25, -0.2) is 0 Å². The van der Waals surface area contributed by atoms with Crippen molar-refractivity contribution in [1.29, 1.82) is 0 Å². The number of ether oxygens (including phenoxy) is 1. The highest BCUT2D eigenvalue weighted by Gasteiger charge is 2.21. The number of nitrogens with one attached hydrogen (secondary N) is 1. The average Bonchev–Trinajstić information content (AvgIpc) is 2.42. The number of carbonyl (C=O) groups is 1. The van der Waals surface area contributed by atoms with Gasteiger partial charge in [0.05, 0.1) is 7.11 Å². The fraction of sp³-hybridized carbons (Fsp3) is 0.533. The van der Waals surface area contributed by atoms with Gasteiger partial charge in [0, 0.05) is 10.5 Å². The van der Waals surface area contributed by atoms with E-state index in [1.54, 1.807) is 0 Å². The van der Waals surface area contributed by atoms with E-state index in [2.05, 4.69) is 47.2 Å². The van der Waals surface area contributed by atoms with Gasteiger partial charge in [-0.05, 0) is 31.0 Å². The van der Waals surface area contributed by atoms with Crippen molar-refractivity contribution < 1.29 is 9.53 Å². The number of hydrogen-bond donors (Lipinski definition) is 1. The lowest BCUT2D eigenvalue weighted by Gasteiger charge is -2.22. The van der Waals surface area contributed by atoms with Crippen molar-refractivity contribution in [2.45, 2.75) is 45.2 Å². The van der Waals surface area contributed by atoms with Gasteiger partial charge in [-0.3, -0.25) is 10.1 Å². The minimum atomic E-state index is -0.237. The van der Waals surface area contributed by atoms with Crippen LogP contribution in [0.3, 0.4) is 0 Å². The highest BCUT2D eigenvalue weighted by molar-refractivity contribution is 9.10. The molecule has 2 atom stereocenters. The molecule has 0 aliphatic carbocycles. The summed E-state index contributed by atoms with van der Waals surface area (Å²) in [4.78, 5) is 11.8. The Morgan fingerprint density at radius 2 is 2.21 bits per heavy atom. The van der Waals surface area contributed by atoms with Crippen LogP contribution in [0, 0.1) is 0 Å². The zero-order valence-corrected chi connectivity index (χ0v) is 13.4. The second kappa shape index (κ2) is 8.33. The molecule has 19 heavy (non-hydrogen) atoms. The Kier molecular flexibility index (Phi) is 7.10. The molecule has 4 heteroatoms. The molecular formula is C15H22BrNO2. The van der Waals surface area contributed by atoms with E-state index in [1.807, 2.05) is 12.1 Å². The number of hydrogen-bond acceptors (Lipinski definition) is 3. The van der Waals surface area contributed by atoms with Crippen molar-refractivity contribution in [3.63, 3.8) is 0 Å².